The monoisotopic (exact) mass is 690 g/mol. The van der Waals surface area contributed by atoms with E-state index in [-0.39, 0.29) is 52.3 Å². The molecule has 0 fully saturated rings. The van der Waals surface area contributed by atoms with Crippen molar-refractivity contribution in [2.45, 2.75) is 106 Å². The van der Waals surface area contributed by atoms with Crippen LogP contribution in [0.1, 0.15) is 103 Å². The fourth-order valence-electron chi connectivity index (χ4n) is 2.74. The molecule has 7 heteroatoms. The van der Waals surface area contributed by atoms with E-state index in [2.05, 4.69) is 52.0 Å². The summed E-state index contributed by atoms with van der Waals surface area (Å²) in [5.41, 5.74) is 2.66. The van der Waals surface area contributed by atoms with Gasteiger partial charge in [-0.25, -0.2) is 0 Å². The number of aliphatic hydroxyl groups excluding tert-OH is 2. The number of rotatable bonds is 13. The third-order valence-electron chi connectivity index (χ3n) is 5.25. The van der Waals surface area contributed by atoms with Crippen LogP contribution in [0, 0.1) is 25.7 Å². The Morgan fingerprint density at radius 2 is 0.971 bits per heavy atom. The molecule has 2 unspecified atom stereocenters. The molecule has 1 rings (SSSR count). The van der Waals surface area contributed by atoms with Crippen LogP contribution in [-0.4, -0.2) is 62.7 Å². The van der Waals surface area contributed by atoms with Gasteiger partial charge in [-0.05, 0) is 64.2 Å². The minimum absolute atomic E-state index is 0. The Morgan fingerprint density at radius 3 is 1.14 bits per heavy atom. The Hall–Kier alpha value is -0.998. The van der Waals surface area contributed by atoms with Gasteiger partial charge in [0.1, 0.15) is 0 Å². The van der Waals surface area contributed by atoms with Gasteiger partial charge in [-0.1, -0.05) is 88.8 Å². The molecule has 6 nitrogen and oxygen atoms in total. The summed E-state index contributed by atoms with van der Waals surface area (Å²) in [6.07, 6.45) is 8.48. The molecule has 0 saturated carbocycles. The van der Waals surface area contributed by atoms with E-state index in [4.69, 9.17) is 10.2 Å². The summed E-state index contributed by atoms with van der Waals surface area (Å²) >= 11 is 0. The molecule has 0 aliphatic heterocycles. The van der Waals surface area contributed by atoms with E-state index in [0.29, 0.717) is 12.8 Å². The second-order valence-corrected chi connectivity index (χ2v) is 8.44. The molecule has 2 atom stereocenters. The Morgan fingerprint density at radius 1 is 0.686 bits per heavy atom. The van der Waals surface area contributed by atoms with Crippen molar-refractivity contribution >= 4 is 39.2 Å². The first-order valence-corrected chi connectivity index (χ1v) is 12.8. The van der Waals surface area contributed by atoms with Crippen LogP contribution in [0.3, 0.4) is 0 Å². The van der Waals surface area contributed by atoms with Gasteiger partial charge in [0.05, 0.1) is 0 Å². The Balaban J connectivity index is -0.000000184. The molecule has 0 bridgehead atoms. The van der Waals surface area contributed by atoms with E-state index in [1.807, 2.05) is 13.8 Å². The summed E-state index contributed by atoms with van der Waals surface area (Å²) in [4.78, 5) is 20.7. The molecule has 2 N–H and O–H groups in total. The molecule has 0 amide bonds. The minimum atomic E-state index is -0.893. The van der Waals surface area contributed by atoms with Gasteiger partial charge < -0.3 is 30.0 Å². The number of carbonyl (C=O) groups is 2. The third kappa shape index (κ3) is 31.0. The Labute approximate surface area is 234 Å². The van der Waals surface area contributed by atoms with Gasteiger partial charge in [-0.2, -0.15) is 0 Å². The van der Waals surface area contributed by atoms with E-state index in [9.17, 15) is 19.8 Å². The van der Waals surface area contributed by atoms with Crippen LogP contribution in [0.2, 0.25) is 0 Å². The number of hydrogen-bond donors (Lipinski definition) is 2. The van der Waals surface area contributed by atoms with Gasteiger partial charge in [0.2, 0.25) is 0 Å². The van der Waals surface area contributed by atoms with Crippen LogP contribution in [0.4, 0.5) is 0 Å². The molecule has 0 heterocycles. The zero-order chi connectivity index (χ0) is 26.8. The number of carbonyl (C=O) groups excluding carboxylic acids is 2. The molecule has 1 aromatic carbocycles. The average Bonchev–Trinajstić information content (AvgIpc) is 2.81. The van der Waals surface area contributed by atoms with Crippen LogP contribution in [-0.2, 0) is 9.59 Å². The summed E-state index contributed by atoms with van der Waals surface area (Å²) in [5, 5.41) is 36.8. The number of aryl methyl sites for hydroxylation is 2. The summed E-state index contributed by atoms with van der Waals surface area (Å²) < 4.78 is 0. The first kappa shape index (κ1) is 41.1. The molecule has 0 aliphatic carbocycles. The Bertz CT molecular complexity index is 526. The number of benzene rings is 1. The van der Waals surface area contributed by atoms with E-state index in [0.717, 1.165) is 51.4 Å². The van der Waals surface area contributed by atoms with Crippen molar-refractivity contribution in [1.82, 2.24) is 0 Å². The van der Waals surface area contributed by atoms with Crippen LogP contribution in [0.15, 0.2) is 24.3 Å². The number of unbranched alkanes of at least 4 members (excludes halogenated alkanes) is 3. The predicted molar refractivity (Wildman–Crippen MR) is 142 cm³/mol. The van der Waals surface area contributed by atoms with Gasteiger partial charge in [0, 0.05) is 25.2 Å². The second kappa shape index (κ2) is 31.0. The van der Waals surface area contributed by atoms with Crippen LogP contribution >= 0.6 is 0 Å². The number of carboxylic acids is 2. The zero-order valence-electron chi connectivity index (χ0n) is 23.0. The van der Waals surface area contributed by atoms with Crippen molar-refractivity contribution in [3.63, 3.8) is 0 Å². The van der Waals surface area contributed by atoms with Crippen molar-refractivity contribution in [2.24, 2.45) is 11.8 Å². The van der Waals surface area contributed by atoms with Crippen LogP contribution in [0.5, 0.6) is 0 Å². The SMILES string of the molecule is CCCCC(CC)C(=O)[O-].CCCCC(CC)C(=O)[O-].Cc1ccc(C)cc1.OCCCCO.[Pb+2]. The van der Waals surface area contributed by atoms with Crippen molar-refractivity contribution < 1.29 is 30.0 Å². The molecule has 0 saturated heterocycles. The minimum Gasteiger partial charge on any atom is -0.550 e. The van der Waals surface area contributed by atoms with Crippen molar-refractivity contribution in [1.29, 1.82) is 0 Å². The standard InChI is InChI=1S/2C8H16O2.C8H10.C4H10O2.Pb/c2*1-3-5-6-7(4-2)8(9)10;1-7-3-5-8(2)6-4-7;5-3-1-2-4-6;/h2*7H,3-6H2,1-2H3,(H,9,10);3-6H,1-2H3;5-6H,1-4H2;/q;;;;+2/p-2. The molecule has 2 radical (unpaired) electrons. The molecular weight excluding hydrogens is 640 g/mol. The first-order chi connectivity index (χ1) is 16.1. The molecule has 0 spiro atoms. The van der Waals surface area contributed by atoms with Crippen molar-refractivity contribution in [3.05, 3.63) is 35.4 Å². The molecular formula is C28H50O6Pb. The van der Waals surface area contributed by atoms with E-state index in [1.54, 1.807) is 0 Å². The predicted octanol–water partition coefficient (Wildman–Crippen LogP) is 3.58. The molecule has 35 heavy (non-hydrogen) atoms. The molecule has 202 valence electrons. The number of aliphatic hydroxyl groups is 2. The van der Waals surface area contributed by atoms with Gasteiger partial charge in [-0.15, -0.1) is 0 Å². The smallest absolute Gasteiger partial charge is 0.550 e. The van der Waals surface area contributed by atoms with Crippen molar-refractivity contribution in [2.75, 3.05) is 13.2 Å². The number of carboxylic acid groups (broad SMARTS) is 2. The first-order valence-electron chi connectivity index (χ1n) is 12.8. The molecule has 0 aliphatic rings. The molecule has 0 aromatic heterocycles. The van der Waals surface area contributed by atoms with Crippen LogP contribution in [0.25, 0.3) is 0 Å². The normalized spacial score (nSPS) is 11.1. The second-order valence-electron chi connectivity index (χ2n) is 8.44. The van der Waals surface area contributed by atoms with Gasteiger partial charge >= 0.3 is 27.3 Å². The zero-order valence-corrected chi connectivity index (χ0v) is 26.9. The van der Waals surface area contributed by atoms with Gasteiger partial charge in [0.15, 0.2) is 0 Å². The fraction of sp³-hybridized carbons (Fsp3) is 0.714. The summed E-state index contributed by atoms with van der Waals surface area (Å²) in [6.45, 7) is 12.5. The van der Waals surface area contributed by atoms with Crippen molar-refractivity contribution in [3.8, 4) is 0 Å². The summed E-state index contributed by atoms with van der Waals surface area (Å²) in [6, 6.07) is 8.48. The number of hydrogen-bond acceptors (Lipinski definition) is 6. The third-order valence-corrected chi connectivity index (χ3v) is 5.25. The maximum Gasteiger partial charge on any atom is 2.00 e. The maximum atomic E-state index is 10.3. The quantitative estimate of drug-likeness (QED) is 0.242. The van der Waals surface area contributed by atoms with E-state index in [1.165, 1.54) is 11.1 Å². The van der Waals surface area contributed by atoms with E-state index < -0.39 is 11.9 Å². The van der Waals surface area contributed by atoms with Gasteiger partial charge in [-0.3, -0.25) is 0 Å². The van der Waals surface area contributed by atoms with Gasteiger partial charge in [0.25, 0.3) is 0 Å². The summed E-state index contributed by atoms with van der Waals surface area (Å²) in [5.74, 6) is -2.23. The fourth-order valence-corrected chi connectivity index (χ4v) is 2.74. The number of aliphatic carboxylic acids is 2. The summed E-state index contributed by atoms with van der Waals surface area (Å²) in [7, 11) is 0. The average molecular weight is 690 g/mol. The van der Waals surface area contributed by atoms with E-state index >= 15 is 0 Å². The molecule has 1 aromatic rings. The van der Waals surface area contributed by atoms with Crippen LogP contribution < -0.4 is 10.2 Å². The topological polar surface area (TPSA) is 121 Å². The maximum absolute atomic E-state index is 10.3. The largest absolute Gasteiger partial charge is 2.00 e. The Kier molecular flexibility index (Phi) is 36.5.